The molecule has 180 valence electrons. The number of carbonyl (C=O) groups excluding carboxylic acids is 2. The zero-order valence-corrected chi connectivity index (χ0v) is 20.1. The van der Waals surface area contributed by atoms with Gasteiger partial charge in [0.1, 0.15) is 23.9 Å². The third kappa shape index (κ3) is 7.07. The molecule has 1 unspecified atom stereocenters. The Balaban J connectivity index is 1.72. The van der Waals surface area contributed by atoms with Crippen molar-refractivity contribution in [2.75, 3.05) is 46.4 Å². The first-order valence-electron chi connectivity index (χ1n) is 11.5. The average molecular weight is 458 g/mol. The van der Waals surface area contributed by atoms with Crippen molar-refractivity contribution in [3.8, 4) is 5.75 Å². The lowest BCUT2D eigenvalue weighted by molar-refractivity contribution is -0.138. The van der Waals surface area contributed by atoms with E-state index < -0.39 is 0 Å². The average Bonchev–Trinajstić information content (AvgIpc) is 3.15. The maximum Gasteiger partial charge on any atom is 0.248 e. The van der Waals surface area contributed by atoms with Crippen molar-refractivity contribution in [1.82, 2.24) is 14.7 Å². The van der Waals surface area contributed by atoms with Crippen LogP contribution in [-0.2, 0) is 27.4 Å². The summed E-state index contributed by atoms with van der Waals surface area (Å²) < 4.78 is 17.0. The first kappa shape index (κ1) is 24.8. The van der Waals surface area contributed by atoms with Crippen LogP contribution in [0, 0.1) is 6.92 Å². The first-order chi connectivity index (χ1) is 15.9. The summed E-state index contributed by atoms with van der Waals surface area (Å²) >= 11 is 0. The molecule has 8 heteroatoms. The van der Waals surface area contributed by atoms with Crippen LogP contribution in [0.1, 0.15) is 30.9 Å². The SMILES string of the molecule is CCN(CC)C(=O)COC1CN(Cc2ccc(C)o2)CC(=O)N(Cc2ccc(OC)cc2)C1. The fourth-order valence-corrected chi connectivity index (χ4v) is 4.03. The molecule has 1 aromatic carbocycles. The summed E-state index contributed by atoms with van der Waals surface area (Å²) in [5.41, 5.74) is 1.01. The molecule has 1 aromatic heterocycles. The number of amides is 2. The standard InChI is InChI=1S/C25H35N3O5/c1-5-27(6-2)25(30)18-32-23-15-26(14-22-10-7-19(3)33-22)17-24(29)28(16-23)13-20-8-11-21(31-4)12-9-20/h7-12,23H,5-6,13-18H2,1-4H3. The van der Waals surface area contributed by atoms with Gasteiger partial charge in [-0.05, 0) is 50.6 Å². The molecule has 0 bridgehead atoms. The van der Waals surface area contributed by atoms with E-state index >= 15 is 0 Å². The first-order valence-corrected chi connectivity index (χ1v) is 11.5. The van der Waals surface area contributed by atoms with E-state index in [9.17, 15) is 9.59 Å². The Kier molecular flexibility index (Phi) is 8.91. The van der Waals surface area contributed by atoms with Gasteiger partial charge in [-0.15, -0.1) is 0 Å². The summed E-state index contributed by atoms with van der Waals surface area (Å²) in [7, 11) is 1.63. The van der Waals surface area contributed by atoms with E-state index in [-0.39, 0.29) is 31.1 Å². The second kappa shape index (κ2) is 11.9. The van der Waals surface area contributed by atoms with Crippen LogP contribution >= 0.6 is 0 Å². The Morgan fingerprint density at radius 3 is 2.42 bits per heavy atom. The number of nitrogens with zero attached hydrogens (tertiary/aromatic N) is 3. The number of likely N-dealkylation sites (N-methyl/N-ethyl adjacent to an activating group) is 1. The van der Waals surface area contributed by atoms with Gasteiger partial charge in [0.25, 0.3) is 0 Å². The molecule has 2 heterocycles. The van der Waals surface area contributed by atoms with Crippen LogP contribution in [-0.4, -0.2) is 79.1 Å². The highest BCUT2D eigenvalue weighted by molar-refractivity contribution is 5.79. The summed E-state index contributed by atoms with van der Waals surface area (Å²) in [6.07, 6.45) is -0.287. The van der Waals surface area contributed by atoms with E-state index in [4.69, 9.17) is 13.9 Å². The van der Waals surface area contributed by atoms with Gasteiger partial charge in [-0.25, -0.2) is 0 Å². The molecule has 1 atom stereocenters. The van der Waals surface area contributed by atoms with Gasteiger partial charge < -0.3 is 23.7 Å². The minimum absolute atomic E-state index is 0.00458. The molecule has 0 radical (unpaired) electrons. The van der Waals surface area contributed by atoms with Crippen LogP contribution < -0.4 is 4.74 Å². The van der Waals surface area contributed by atoms with Crippen LogP contribution in [0.15, 0.2) is 40.8 Å². The van der Waals surface area contributed by atoms with Gasteiger partial charge in [0.05, 0.1) is 26.3 Å². The van der Waals surface area contributed by atoms with E-state index in [0.29, 0.717) is 39.3 Å². The molecule has 0 saturated carbocycles. The lowest BCUT2D eigenvalue weighted by atomic mass is 10.2. The second-order valence-corrected chi connectivity index (χ2v) is 8.30. The number of furan rings is 1. The molecule has 8 nitrogen and oxygen atoms in total. The van der Waals surface area contributed by atoms with Gasteiger partial charge in [-0.2, -0.15) is 0 Å². The van der Waals surface area contributed by atoms with Gasteiger partial charge in [-0.1, -0.05) is 12.1 Å². The van der Waals surface area contributed by atoms with Crippen molar-refractivity contribution in [2.45, 2.75) is 40.0 Å². The normalized spacial score (nSPS) is 17.2. The molecule has 33 heavy (non-hydrogen) atoms. The second-order valence-electron chi connectivity index (χ2n) is 8.30. The Labute approximate surface area is 196 Å². The quantitative estimate of drug-likeness (QED) is 0.546. The smallest absolute Gasteiger partial charge is 0.248 e. The topological polar surface area (TPSA) is 75.5 Å². The van der Waals surface area contributed by atoms with Crippen molar-refractivity contribution >= 4 is 11.8 Å². The number of benzene rings is 1. The summed E-state index contributed by atoms with van der Waals surface area (Å²) in [5, 5.41) is 0. The van der Waals surface area contributed by atoms with Gasteiger partial charge in [-0.3, -0.25) is 14.5 Å². The lowest BCUT2D eigenvalue weighted by Gasteiger charge is -2.26. The maximum absolute atomic E-state index is 13.1. The van der Waals surface area contributed by atoms with E-state index in [1.165, 1.54) is 0 Å². The largest absolute Gasteiger partial charge is 0.497 e. The maximum atomic E-state index is 13.1. The predicted molar refractivity (Wildman–Crippen MR) is 125 cm³/mol. The van der Waals surface area contributed by atoms with E-state index in [1.807, 2.05) is 67.0 Å². The molecular weight excluding hydrogens is 422 g/mol. The van der Waals surface area contributed by atoms with Crippen molar-refractivity contribution in [2.24, 2.45) is 0 Å². The van der Waals surface area contributed by atoms with E-state index in [1.54, 1.807) is 12.0 Å². The summed E-state index contributed by atoms with van der Waals surface area (Å²) in [4.78, 5) is 31.2. The number of hydrogen-bond donors (Lipinski definition) is 0. The fraction of sp³-hybridized carbons (Fsp3) is 0.520. The Morgan fingerprint density at radius 2 is 1.82 bits per heavy atom. The zero-order chi connectivity index (χ0) is 23.8. The van der Waals surface area contributed by atoms with Gasteiger partial charge >= 0.3 is 0 Å². The van der Waals surface area contributed by atoms with Crippen molar-refractivity contribution in [3.05, 3.63) is 53.5 Å². The monoisotopic (exact) mass is 457 g/mol. The van der Waals surface area contributed by atoms with Gasteiger partial charge in [0.15, 0.2) is 0 Å². The van der Waals surface area contributed by atoms with Crippen LogP contribution in [0.25, 0.3) is 0 Å². The molecule has 2 amide bonds. The highest BCUT2D eigenvalue weighted by atomic mass is 16.5. The fourth-order valence-electron chi connectivity index (χ4n) is 4.03. The van der Waals surface area contributed by atoms with Gasteiger partial charge in [0, 0.05) is 32.7 Å². The zero-order valence-electron chi connectivity index (χ0n) is 20.1. The summed E-state index contributed by atoms with van der Waals surface area (Å²) in [5.74, 6) is 2.41. The Hall–Kier alpha value is -2.84. The van der Waals surface area contributed by atoms with Gasteiger partial charge in [0.2, 0.25) is 11.8 Å². The van der Waals surface area contributed by atoms with Crippen molar-refractivity contribution in [1.29, 1.82) is 0 Å². The van der Waals surface area contributed by atoms with Crippen LogP contribution in [0.2, 0.25) is 0 Å². The summed E-state index contributed by atoms with van der Waals surface area (Å²) in [6.45, 7) is 9.32. The third-order valence-corrected chi connectivity index (χ3v) is 5.86. The Morgan fingerprint density at radius 1 is 1.09 bits per heavy atom. The third-order valence-electron chi connectivity index (χ3n) is 5.86. The molecular formula is C25H35N3O5. The molecule has 0 N–H and O–H groups in total. The minimum atomic E-state index is -0.287. The molecule has 1 aliphatic heterocycles. The molecule has 3 rings (SSSR count). The van der Waals surface area contributed by atoms with Crippen molar-refractivity contribution < 1.29 is 23.5 Å². The molecule has 1 fully saturated rings. The molecule has 1 aliphatic rings. The molecule has 1 saturated heterocycles. The summed E-state index contributed by atoms with van der Waals surface area (Å²) in [6, 6.07) is 11.5. The molecule has 0 spiro atoms. The number of ether oxygens (including phenoxy) is 2. The number of hydrogen-bond acceptors (Lipinski definition) is 6. The van der Waals surface area contributed by atoms with Crippen LogP contribution in [0.4, 0.5) is 0 Å². The van der Waals surface area contributed by atoms with E-state index in [0.717, 1.165) is 22.8 Å². The molecule has 2 aromatic rings. The van der Waals surface area contributed by atoms with Crippen LogP contribution in [0.5, 0.6) is 5.75 Å². The number of methoxy groups -OCH3 is 1. The highest BCUT2D eigenvalue weighted by Crippen LogP contribution is 2.18. The number of aryl methyl sites for hydroxylation is 1. The highest BCUT2D eigenvalue weighted by Gasteiger charge is 2.29. The molecule has 0 aliphatic carbocycles. The van der Waals surface area contributed by atoms with Crippen LogP contribution in [0.3, 0.4) is 0 Å². The van der Waals surface area contributed by atoms with Crippen molar-refractivity contribution in [3.63, 3.8) is 0 Å². The lowest BCUT2D eigenvalue weighted by Crippen LogP contribution is -2.40. The Bertz CT molecular complexity index is 907. The number of carbonyl (C=O) groups is 2. The minimum Gasteiger partial charge on any atom is -0.497 e. The van der Waals surface area contributed by atoms with E-state index in [2.05, 4.69) is 0 Å². The number of rotatable bonds is 10. The predicted octanol–water partition coefficient (Wildman–Crippen LogP) is 2.69.